The molecule has 0 aromatic heterocycles. The molecule has 1 amide bonds. The highest BCUT2D eigenvalue weighted by Gasteiger charge is 1.76. The number of nitrogens with one attached hydrogen (secondary N) is 1. The molecule has 7 N–H and O–H groups in total. The molecular weight excluding hydrogens is 164 g/mol. The molecule has 0 bridgehead atoms. The number of primary amides is 1. The summed E-state index contributed by atoms with van der Waals surface area (Å²) >= 11 is 3.10. The second-order valence-corrected chi connectivity index (χ2v) is 2.11. The van der Waals surface area contributed by atoms with Crippen molar-refractivity contribution >= 4 is 17.9 Å². The van der Waals surface area contributed by atoms with Gasteiger partial charge in [0.05, 0.1) is 0 Å². The molecule has 0 radical (unpaired) electrons. The van der Waals surface area contributed by atoms with E-state index in [0.29, 0.717) is 13.1 Å². The van der Waals surface area contributed by atoms with E-state index in [0.717, 1.165) is 13.1 Å². The van der Waals surface area contributed by atoms with Gasteiger partial charge in [0, 0.05) is 26.2 Å². The first-order valence-electron chi connectivity index (χ1n) is 3.24. The third kappa shape index (κ3) is 42.0. The van der Waals surface area contributed by atoms with Gasteiger partial charge in [-0.25, -0.2) is 0 Å². The van der Waals surface area contributed by atoms with Crippen molar-refractivity contribution in [2.75, 3.05) is 26.2 Å². The van der Waals surface area contributed by atoms with Crippen molar-refractivity contribution in [2.24, 2.45) is 17.2 Å². The molecule has 0 aromatic rings. The quantitative estimate of drug-likeness (QED) is 0.268. The van der Waals surface area contributed by atoms with Crippen LogP contribution in [0.1, 0.15) is 0 Å². The molecule has 6 heteroatoms. The minimum atomic E-state index is -0.639. The summed E-state index contributed by atoms with van der Waals surface area (Å²) in [5, 5.41) is 2.40. The van der Waals surface area contributed by atoms with Gasteiger partial charge in [-0.15, -0.1) is 0 Å². The summed E-state index contributed by atoms with van der Waals surface area (Å²) in [6.07, 6.45) is 0. The van der Waals surface area contributed by atoms with Crippen molar-refractivity contribution in [1.29, 1.82) is 0 Å². The summed E-state index contributed by atoms with van der Waals surface area (Å²) in [5.41, 5.74) is 14.7. The molecular formula is C5H16N4OS. The van der Waals surface area contributed by atoms with Gasteiger partial charge in [0.2, 0.25) is 0 Å². The van der Waals surface area contributed by atoms with Crippen molar-refractivity contribution in [2.45, 2.75) is 0 Å². The van der Waals surface area contributed by atoms with Gasteiger partial charge in [0.15, 0.2) is 0 Å². The SMILES string of the molecule is NC(=O)S.NCCNCCN. The molecule has 0 spiro atoms. The Morgan fingerprint density at radius 1 is 1.27 bits per heavy atom. The molecule has 0 saturated heterocycles. The fourth-order valence-electron chi connectivity index (χ4n) is 0.329. The van der Waals surface area contributed by atoms with Crippen LogP contribution in [0.5, 0.6) is 0 Å². The Balaban J connectivity index is 0. The Kier molecular flexibility index (Phi) is 15.0. The lowest BCUT2D eigenvalue weighted by Gasteiger charge is -1.95. The predicted molar refractivity (Wildman–Crippen MR) is 49.5 cm³/mol. The van der Waals surface area contributed by atoms with Crippen LogP contribution in [0.3, 0.4) is 0 Å². The number of carbonyl (C=O) groups excluding carboxylic acids is 1. The van der Waals surface area contributed by atoms with E-state index in [1.54, 1.807) is 0 Å². The summed E-state index contributed by atoms with van der Waals surface area (Å²) in [5.74, 6) is 0. The number of hydrogen-bond acceptors (Lipinski definition) is 4. The fraction of sp³-hybridized carbons (Fsp3) is 0.800. The average Bonchev–Trinajstić information content (AvgIpc) is 1.88. The first-order valence-corrected chi connectivity index (χ1v) is 3.69. The Morgan fingerprint density at radius 2 is 1.55 bits per heavy atom. The topological polar surface area (TPSA) is 107 Å². The zero-order chi connectivity index (χ0) is 9.11. The van der Waals surface area contributed by atoms with Crippen LogP contribution in [-0.2, 0) is 0 Å². The van der Waals surface area contributed by atoms with Crippen LogP contribution in [0, 0.1) is 0 Å². The molecule has 0 atom stereocenters. The Hall–Kier alpha value is -0.300. The zero-order valence-electron chi connectivity index (χ0n) is 6.42. The molecule has 0 aliphatic carbocycles. The number of hydrogen-bond donors (Lipinski definition) is 5. The van der Waals surface area contributed by atoms with Gasteiger partial charge in [0.25, 0.3) is 5.24 Å². The number of rotatable bonds is 4. The zero-order valence-corrected chi connectivity index (χ0v) is 7.31. The highest BCUT2D eigenvalue weighted by molar-refractivity contribution is 7.96. The van der Waals surface area contributed by atoms with Gasteiger partial charge in [-0.05, 0) is 0 Å². The highest BCUT2D eigenvalue weighted by Crippen LogP contribution is 1.60. The van der Waals surface area contributed by atoms with E-state index < -0.39 is 5.24 Å². The van der Waals surface area contributed by atoms with Crippen molar-refractivity contribution < 1.29 is 4.79 Å². The Bertz CT molecular complexity index is 82.6. The van der Waals surface area contributed by atoms with E-state index in [1.165, 1.54) is 0 Å². The number of amides is 1. The Labute approximate surface area is 72.1 Å². The van der Waals surface area contributed by atoms with E-state index in [1.807, 2.05) is 0 Å². The van der Waals surface area contributed by atoms with Gasteiger partial charge in [-0.1, -0.05) is 12.6 Å². The summed E-state index contributed by atoms with van der Waals surface area (Å²) in [7, 11) is 0. The number of carbonyl (C=O) groups is 1. The minimum Gasteiger partial charge on any atom is -0.361 e. The van der Waals surface area contributed by atoms with Crippen LogP contribution in [-0.4, -0.2) is 31.4 Å². The first-order chi connectivity index (χ1) is 5.15. The molecule has 0 fully saturated rings. The van der Waals surface area contributed by atoms with E-state index in [4.69, 9.17) is 16.3 Å². The van der Waals surface area contributed by atoms with E-state index in [9.17, 15) is 0 Å². The van der Waals surface area contributed by atoms with Gasteiger partial charge in [-0.2, -0.15) is 0 Å². The molecule has 0 aliphatic heterocycles. The molecule has 5 nitrogen and oxygen atoms in total. The van der Waals surface area contributed by atoms with Gasteiger partial charge >= 0.3 is 0 Å². The molecule has 0 aliphatic rings. The maximum Gasteiger partial charge on any atom is 0.273 e. The average molecular weight is 180 g/mol. The van der Waals surface area contributed by atoms with Crippen LogP contribution in [0.2, 0.25) is 0 Å². The molecule has 68 valence electrons. The second-order valence-electron chi connectivity index (χ2n) is 1.67. The third-order valence-electron chi connectivity index (χ3n) is 0.642. The molecule has 0 aromatic carbocycles. The number of nitrogens with two attached hydrogens (primary N) is 3. The lowest BCUT2D eigenvalue weighted by molar-refractivity contribution is 0.267. The summed E-state index contributed by atoms with van der Waals surface area (Å²) < 4.78 is 0. The lowest BCUT2D eigenvalue weighted by atomic mass is 10.6. The summed E-state index contributed by atoms with van der Waals surface area (Å²) in [4.78, 5) is 9.09. The lowest BCUT2D eigenvalue weighted by Crippen LogP contribution is -2.27. The Morgan fingerprint density at radius 3 is 1.73 bits per heavy atom. The van der Waals surface area contributed by atoms with E-state index in [2.05, 4.69) is 23.7 Å². The van der Waals surface area contributed by atoms with Crippen LogP contribution < -0.4 is 22.5 Å². The first kappa shape index (κ1) is 13.3. The molecule has 11 heavy (non-hydrogen) atoms. The normalized spacial score (nSPS) is 8.27. The van der Waals surface area contributed by atoms with Crippen LogP contribution >= 0.6 is 12.6 Å². The van der Waals surface area contributed by atoms with Crippen molar-refractivity contribution in [3.05, 3.63) is 0 Å². The maximum absolute atomic E-state index is 9.09. The summed E-state index contributed by atoms with van der Waals surface area (Å²) in [6, 6.07) is 0. The standard InChI is InChI=1S/C4H13N3.CH3NOS/c5-1-3-7-4-2-6;2-1(3)4/h7H,1-6H2;(H3,2,3,4). The van der Waals surface area contributed by atoms with Crippen LogP contribution in [0.15, 0.2) is 0 Å². The minimum absolute atomic E-state index is 0.639. The van der Waals surface area contributed by atoms with Crippen molar-refractivity contribution in [1.82, 2.24) is 5.32 Å². The number of thiol groups is 1. The summed E-state index contributed by atoms with van der Waals surface area (Å²) in [6.45, 7) is 3.13. The van der Waals surface area contributed by atoms with E-state index >= 15 is 0 Å². The fourth-order valence-corrected chi connectivity index (χ4v) is 0.329. The van der Waals surface area contributed by atoms with E-state index in [-0.39, 0.29) is 0 Å². The highest BCUT2D eigenvalue weighted by atomic mass is 32.1. The molecule has 0 unspecified atom stereocenters. The van der Waals surface area contributed by atoms with Crippen molar-refractivity contribution in [3.63, 3.8) is 0 Å². The molecule has 0 saturated carbocycles. The monoisotopic (exact) mass is 180 g/mol. The maximum atomic E-state index is 9.09. The second kappa shape index (κ2) is 12.4. The largest absolute Gasteiger partial charge is 0.361 e. The van der Waals surface area contributed by atoms with Gasteiger partial charge in [0.1, 0.15) is 0 Å². The molecule has 0 heterocycles. The molecule has 0 rings (SSSR count). The van der Waals surface area contributed by atoms with Crippen LogP contribution in [0.4, 0.5) is 4.79 Å². The van der Waals surface area contributed by atoms with Crippen LogP contribution in [0.25, 0.3) is 0 Å². The third-order valence-corrected chi connectivity index (χ3v) is 0.642. The smallest absolute Gasteiger partial charge is 0.273 e. The van der Waals surface area contributed by atoms with Crippen molar-refractivity contribution in [3.8, 4) is 0 Å². The van der Waals surface area contributed by atoms with Gasteiger partial charge in [-0.3, -0.25) is 4.79 Å². The van der Waals surface area contributed by atoms with Gasteiger partial charge < -0.3 is 22.5 Å². The predicted octanol–water partition coefficient (Wildman–Crippen LogP) is -1.51.